The lowest BCUT2D eigenvalue weighted by Crippen LogP contribution is -2.55. The first kappa shape index (κ1) is 25.0. The zero-order valence-electron chi connectivity index (χ0n) is 20.0. The zero-order chi connectivity index (χ0) is 24.8. The van der Waals surface area contributed by atoms with Crippen molar-refractivity contribution in [3.8, 4) is 5.75 Å². The molecule has 2 heterocycles. The number of likely N-dealkylation sites (tertiary alicyclic amines) is 2. The van der Waals surface area contributed by atoms with Gasteiger partial charge in [-0.05, 0) is 86.6 Å². The van der Waals surface area contributed by atoms with Gasteiger partial charge in [0.05, 0.1) is 7.11 Å². The van der Waals surface area contributed by atoms with Crippen molar-refractivity contribution in [1.29, 1.82) is 0 Å². The maximum absolute atomic E-state index is 13.5. The molecule has 2 aromatic carbocycles. The van der Waals surface area contributed by atoms with Crippen LogP contribution in [0, 0.1) is 5.92 Å². The molecule has 0 radical (unpaired) electrons. The second-order valence-electron chi connectivity index (χ2n) is 9.20. The first-order chi connectivity index (χ1) is 17.0. The van der Waals surface area contributed by atoms with E-state index < -0.39 is 6.04 Å². The lowest BCUT2D eigenvalue weighted by atomic mass is 9.87. The van der Waals surface area contributed by atoms with Gasteiger partial charge in [-0.2, -0.15) is 0 Å². The number of piperidine rings is 2. The van der Waals surface area contributed by atoms with E-state index in [1.165, 1.54) is 0 Å². The lowest BCUT2D eigenvalue weighted by Gasteiger charge is -2.38. The molecule has 0 saturated carbocycles. The first-order valence-electron chi connectivity index (χ1n) is 12.2. The minimum Gasteiger partial charge on any atom is -0.497 e. The largest absolute Gasteiger partial charge is 0.497 e. The van der Waals surface area contributed by atoms with Gasteiger partial charge >= 0.3 is 0 Å². The van der Waals surface area contributed by atoms with Crippen molar-refractivity contribution in [3.63, 3.8) is 0 Å². The molecule has 0 bridgehead atoms. The van der Waals surface area contributed by atoms with Crippen molar-refractivity contribution < 1.29 is 19.1 Å². The number of carbonyl (C=O) groups excluding carboxylic acids is 3. The highest BCUT2D eigenvalue weighted by Gasteiger charge is 2.36. The van der Waals surface area contributed by atoms with Gasteiger partial charge in [0.1, 0.15) is 11.8 Å². The van der Waals surface area contributed by atoms with Crippen LogP contribution in [0.4, 0.5) is 0 Å². The number of benzene rings is 2. The minimum atomic E-state index is -0.615. The normalized spacial score (nSPS) is 17.5. The average Bonchev–Trinajstić information content (AvgIpc) is 2.92. The minimum absolute atomic E-state index is 0.0194. The van der Waals surface area contributed by atoms with Crippen LogP contribution in [-0.2, 0) is 4.79 Å². The Balaban J connectivity index is 1.45. The summed E-state index contributed by atoms with van der Waals surface area (Å²) in [5.41, 5.74) is 1.08. The van der Waals surface area contributed by atoms with Gasteiger partial charge in [-0.1, -0.05) is 11.6 Å². The average molecular weight is 498 g/mol. The fraction of sp³-hybridized carbons (Fsp3) is 0.444. The second kappa shape index (κ2) is 11.6. The summed E-state index contributed by atoms with van der Waals surface area (Å²) in [6.45, 7) is 2.52. The predicted molar refractivity (Wildman–Crippen MR) is 135 cm³/mol. The van der Waals surface area contributed by atoms with E-state index in [-0.39, 0.29) is 23.6 Å². The van der Waals surface area contributed by atoms with Crippen molar-refractivity contribution >= 4 is 29.3 Å². The lowest BCUT2D eigenvalue weighted by molar-refractivity contribution is -0.136. The van der Waals surface area contributed by atoms with Crippen LogP contribution in [0.25, 0.3) is 0 Å². The van der Waals surface area contributed by atoms with Crippen LogP contribution in [0.5, 0.6) is 5.75 Å². The smallest absolute Gasteiger partial charge is 0.253 e. The summed E-state index contributed by atoms with van der Waals surface area (Å²) >= 11 is 5.95. The van der Waals surface area contributed by atoms with Crippen molar-refractivity contribution in [3.05, 3.63) is 64.7 Å². The van der Waals surface area contributed by atoms with Crippen molar-refractivity contribution in [1.82, 2.24) is 15.1 Å². The van der Waals surface area contributed by atoms with Crippen molar-refractivity contribution in [2.24, 2.45) is 5.92 Å². The molecule has 0 spiro atoms. The third-order valence-corrected chi connectivity index (χ3v) is 7.21. The Morgan fingerprint density at radius 2 is 1.46 bits per heavy atom. The summed E-state index contributed by atoms with van der Waals surface area (Å²) in [5, 5.41) is 3.62. The van der Waals surface area contributed by atoms with Gasteiger partial charge in [0, 0.05) is 42.3 Å². The number of halogens is 1. The van der Waals surface area contributed by atoms with Crippen LogP contribution in [0.1, 0.15) is 52.8 Å². The van der Waals surface area contributed by atoms with E-state index in [1.807, 2.05) is 9.80 Å². The summed E-state index contributed by atoms with van der Waals surface area (Å²) < 4.78 is 5.18. The Labute approximate surface area is 211 Å². The highest BCUT2D eigenvalue weighted by Crippen LogP contribution is 2.25. The van der Waals surface area contributed by atoms with E-state index in [9.17, 15) is 14.4 Å². The van der Waals surface area contributed by atoms with Crippen molar-refractivity contribution in [2.45, 2.75) is 38.1 Å². The molecule has 35 heavy (non-hydrogen) atoms. The van der Waals surface area contributed by atoms with E-state index in [4.69, 9.17) is 16.3 Å². The Morgan fingerprint density at radius 3 is 2.06 bits per heavy atom. The molecule has 2 aliphatic heterocycles. The summed E-state index contributed by atoms with van der Waals surface area (Å²) in [5.74, 6) is 0.291. The van der Waals surface area contributed by atoms with Crippen LogP contribution < -0.4 is 10.1 Å². The maximum atomic E-state index is 13.5. The van der Waals surface area contributed by atoms with Crippen LogP contribution in [-0.4, -0.2) is 66.9 Å². The Hall–Kier alpha value is -3.06. The van der Waals surface area contributed by atoms with Gasteiger partial charge in [-0.25, -0.2) is 0 Å². The molecule has 1 atom stereocenters. The van der Waals surface area contributed by atoms with E-state index >= 15 is 0 Å². The fourth-order valence-corrected chi connectivity index (χ4v) is 5.00. The van der Waals surface area contributed by atoms with E-state index in [0.29, 0.717) is 47.8 Å². The van der Waals surface area contributed by atoms with E-state index in [1.54, 1.807) is 55.6 Å². The van der Waals surface area contributed by atoms with Gasteiger partial charge in [-0.15, -0.1) is 0 Å². The number of carbonyl (C=O) groups is 3. The SMILES string of the molecule is COc1ccc(C(=O)N[C@H](C(=O)N2CCCCC2)C2CCN(C(=O)c3ccc(Cl)cc3)CC2)cc1. The molecule has 0 unspecified atom stereocenters. The topological polar surface area (TPSA) is 79.0 Å². The molecule has 1 N–H and O–H groups in total. The molecule has 4 rings (SSSR count). The molecule has 0 aromatic heterocycles. The van der Waals surface area contributed by atoms with Crippen LogP contribution >= 0.6 is 11.6 Å². The molecule has 0 aliphatic carbocycles. The molecule has 8 heteroatoms. The first-order valence-corrected chi connectivity index (χ1v) is 12.6. The van der Waals surface area contributed by atoms with Crippen molar-refractivity contribution in [2.75, 3.05) is 33.3 Å². The molecule has 2 saturated heterocycles. The molecule has 7 nitrogen and oxygen atoms in total. The molecule has 3 amide bonds. The number of ether oxygens (including phenoxy) is 1. The molecular weight excluding hydrogens is 466 g/mol. The van der Waals surface area contributed by atoms with Crippen LogP contribution in [0.2, 0.25) is 5.02 Å². The third-order valence-electron chi connectivity index (χ3n) is 6.96. The Bertz CT molecular complexity index is 1030. The van der Waals surface area contributed by atoms with E-state index in [0.717, 1.165) is 32.4 Å². The number of hydrogen-bond acceptors (Lipinski definition) is 4. The van der Waals surface area contributed by atoms with Crippen LogP contribution in [0.3, 0.4) is 0 Å². The van der Waals surface area contributed by atoms with Gasteiger partial charge in [0.25, 0.3) is 11.8 Å². The molecule has 2 aliphatic rings. The third kappa shape index (κ3) is 6.14. The monoisotopic (exact) mass is 497 g/mol. The fourth-order valence-electron chi connectivity index (χ4n) is 4.87. The number of amides is 3. The highest BCUT2D eigenvalue weighted by atomic mass is 35.5. The number of hydrogen-bond donors (Lipinski definition) is 1. The molecule has 2 aromatic rings. The maximum Gasteiger partial charge on any atom is 0.253 e. The zero-order valence-corrected chi connectivity index (χ0v) is 20.8. The highest BCUT2D eigenvalue weighted by molar-refractivity contribution is 6.30. The van der Waals surface area contributed by atoms with Crippen LogP contribution in [0.15, 0.2) is 48.5 Å². The summed E-state index contributed by atoms with van der Waals surface area (Å²) in [4.78, 5) is 43.2. The number of rotatable bonds is 6. The summed E-state index contributed by atoms with van der Waals surface area (Å²) in [6, 6.07) is 13.1. The van der Waals surface area contributed by atoms with E-state index in [2.05, 4.69) is 5.32 Å². The Morgan fingerprint density at radius 1 is 0.857 bits per heavy atom. The Kier molecular flexibility index (Phi) is 8.29. The number of methoxy groups -OCH3 is 1. The van der Waals surface area contributed by atoms with Gasteiger partial charge in [0.15, 0.2) is 0 Å². The second-order valence-corrected chi connectivity index (χ2v) is 9.64. The summed E-state index contributed by atoms with van der Waals surface area (Å²) in [6.07, 6.45) is 4.38. The standard InChI is InChI=1S/C27H32ClN3O4/c1-35-23-11-7-20(8-12-23)25(32)29-24(27(34)30-15-3-2-4-16-30)19-13-17-31(18-14-19)26(33)21-5-9-22(28)10-6-21/h5-12,19,24H,2-4,13-18H2,1H3,(H,29,32)/t24-/m0/s1. The van der Waals surface area contributed by atoms with Gasteiger partial charge in [0.2, 0.25) is 5.91 Å². The van der Waals surface area contributed by atoms with Gasteiger partial charge in [-0.3, -0.25) is 14.4 Å². The molecule has 2 fully saturated rings. The molecular formula is C27H32ClN3O4. The quantitative estimate of drug-likeness (QED) is 0.654. The predicted octanol–water partition coefficient (Wildman–Crippen LogP) is 4.01. The number of nitrogens with one attached hydrogen (secondary N) is 1. The summed E-state index contributed by atoms with van der Waals surface area (Å²) in [7, 11) is 1.58. The van der Waals surface area contributed by atoms with Gasteiger partial charge < -0.3 is 19.9 Å². The number of nitrogens with zero attached hydrogens (tertiary/aromatic N) is 2. The molecule has 186 valence electrons.